The predicted molar refractivity (Wildman–Crippen MR) is 42.1 cm³/mol. The summed E-state index contributed by atoms with van der Waals surface area (Å²) in [5, 5.41) is 8.77. The van der Waals surface area contributed by atoms with Gasteiger partial charge in [-0.25, -0.2) is 5.26 Å². The van der Waals surface area contributed by atoms with Crippen LogP contribution in [-0.4, -0.2) is 22.5 Å². The van der Waals surface area contributed by atoms with Crippen LogP contribution in [0.25, 0.3) is 0 Å². The standard InChI is InChI=1S/C4H11As.CH2BN/c1-4-5(2)3;2-1-3/h4H2,1-3H3;2H2. The summed E-state index contributed by atoms with van der Waals surface area (Å²) in [5.41, 5.74) is 4.74. The average Bonchev–Trinajstić information content (AvgIpc) is 1.69. The molecular weight excluding hydrogens is 160 g/mol. The van der Waals surface area contributed by atoms with Gasteiger partial charge in [-0.2, -0.15) is 0 Å². The van der Waals surface area contributed by atoms with Crippen LogP contribution < -0.4 is 0 Å². The number of hydrogen-bond donors (Lipinski definition) is 0. The Balaban J connectivity index is 0. The minimum absolute atomic E-state index is 0.201. The molecule has 0 bridgehead atoms. The molecule has 3 heteroatoms. The van der Waals surface area contributed by atoms with Crippen LogP contribution >= 0.6 is 0 Å². The van der Waals surface area contributed by atoms with E-state index in [4.69, 9.17) is 5.26 Å². The summed E-state index contributed by atoms with van der Waals surface area (Å²) >= 11 is -0.201. The van der Waals surface area contributed by atoms with Crippen molar-refractivity contribution in [1.29, 1.82) is 5.26 Å². The quantitative estimate of drug-likeness (QED) is 0.539. The third kappa shape index (κ3) is 35.8. The summed E-state index contributed by atoms with van der Waals surface area (Å²) in [4.78, 5) is 0. The summed E-state index contributed by atoms with van der Waals surface area (Å²) in [6.45, 7) is 2.26. The van der Waals surface area contributed by atoms with E-state index in [1.165, 1.54) is 13.1 Å². The molecule has 0 rings (SSSR count). The van der Waals surface area contributed by atoms with Gasteiger partial charge < -0.3 is 0 Å². The number of nitrogens with zero attached hydrogens (tertiary/aromatic N) is 1. The number of nitriles is 1. The number of hydrogen-bond acceptors (Lipinski definition) is 1. The maximum atomic E-state index is 7.32. The molecule has 0 aliphatic carbocycles. The van der Waals surface area contributed by atoms with Crippen molar-refractivity contribution in [3.63, 3.8) is 0 Å². The average molecular weight is 173 g/mol. The SMILES string of the molecule is BC#N.CC[As](C)C. The third-order valence-corrected chi connectivity index (χ3v) is 3.29. The molecule has 0 aliphatic heterocycles. The molecule has 0 aromatic rings. The van der Waals surface area contributed by atoms with Gasteiger partial charge in [-0.15, -0.1) is 0 Å². The molecule has 0 saturated carbocycles. The molecule has 0 aromatic heterocycles. The van der Waals surface area contributed by atoms with Crippen molar-refractivity contribution < 1.29 is 0 Å². The first kappa shape index (κ1) is 11.0. The van der Waals surface area contributed by atoms with Crippen molar-refractivity contribution >= 4 is 22.5 Å². The van der Waals surface area contributed by atoms with E-state index in [1.807, 2.05) is 0 Å². The van der Waals surface area contributed by atoms with Crippen LogP contribution in [-0.2, 0) is 0 Å². The zero-order valence-corrected chi connectivity index (χ0v) is 7.98. The third-order valence-electron chi connectivity index (χ3n) is 0.632. The van der Waals surface area contributed by atoms with Crippen molar-refractivity contribution in [1.82, 2.24) is 0 Å². The molecule has 0 unspecified atom stereocenters. The fraction of sp³-hybridized carbons (Fsp3) is 0.800. The Kier molecular flexibility index (Phi) is 14.0. The van der Waals surface area contributed by atoms with E-state index in [0.717, 1.165) is 0 Å². The van der Waals surface area contributed by atoms with Gasteiger partial charge in [0.15, 0.2) is 0 Å². The minimum atomic E-state index is -0.201. The summed E-state index contributed by atoms with van der Waals surface area (Å²) in [7, 11) is 1.43. The molecule has 0 radical (unpaired) electrons. The van der Waals surface area contributed by atoms with Crippen LogP contribution in [0.5, 0.6) is 0 Å². The molecule has 0 atom stereocenters. The molecule has 0 saturated heterocycles. The fourth-order valence-corrected chi connectivity index (χ4v) is 0. The molecule has 8 heavy (non-hydrogen) atoms. The Morgan fingerprint density at radius 2 is 1.75 bits per heavy atom. The Morgan fingerprint density at radius 3 is 1.75 bits per heavy atom. The normalized spacial score (nSPS) is 6.88. The Morgan fingerprint density at radius 1 is 1.62 bits per heavy atom. The molecule has 1 nitrogen and oxygen atoms in total. The van der Waals surface area contributed by atoms with Crippen LogP contribution in [0, 0.1) is 11.2 Å². The van der Waals surface area contributed by atoms with Gasteiger partial charge in [0.25, 0.3) is 0 Å². The van der Waals surface area contributed by atoms with Gasteiger partial charge in [-0.1, -0.05) is 0 Å². The first-order valence-electron chi connectivity index (χ1n) is 2.64. The van der Waals surface area contributed by atoms with Gasteiger partial charge in [0.2, 0.25) is 7.85 Å². The van der Waals surface area contributed by atoms with Crippen LogP contribution in [0.2, 0.25) is 16.6 Å². The van der Waals surface area contributed by atoms with Crippen molar-refractivity contribution in [2.75, 3.05) is 0 Å². The van der Waals surface area contributed by atoms with Gasteiger partial charge in [0.05, 0.1) is 0 Å². The Hall–Kier alpha value is 0.113. The molecule has 0 amide bonds. The van der Waals surface area contributed by atoms with Gasteiger partial charge in [-0.3, -0.25) is 0 Å². The Bertz CT molecular complexity index is 67.3. The van der Waals surface area contributed by atoms with E-state index in [2.05, 4.69) is 18.3 Å². The van der Waals surface area contributed by atoms with Crippen molar-refractivity contribution in [3.8, 4) is 5.97 Å². The van der Waals surface area contributed by atoms with Gasteiger partial charge in [-0.05, 0) is 5.97 Å². The topological polar surface area (TPSA) is 23.8 Å². The van der Waals surface area contributed by atoms with Crippen molar-refractivity contribution in [2.45, 2.75) is 23.6 Å². The van der Waals surface area contributed by atoms with Crippen LogP contribution in [0.3, 0.4) is 0 Å². The second kappa shape index (κ2) is 10.2. The van der Waals surface area contributed by atoms with Crippen LogP contribution in [0.4, 0.5) is 0 Å². The Labute approximate surface area is 57.7 Å². The zero-order valence-electron chi connectivity index (χ0n) is 6.10. The van der Waals surface area contributed by atoms with E-state index in [9.17, 15) is 0 Å². The molecule has 0 heterocycles. The molecule has 0 fully saturated rings. The van der Waals surface area contributed by atoms with E-state index in [1.54, 1.807) is 5.97 Å². The first-order chi connectivity index (χ1) is 3.68. The van der Waals surface area contributed by atoms with Crippen LogP contribution in [0.15, 0.2) is 0 Å². The molecule has 0 N–H and O–H groups in total. The second-order valence-electron chi connectivity index (χ2n) is 1.62. The maximum absolute atomic E-state index is 7.32. The van der Waals surface area contributed by atoms with Crippen molar-refractivity contribution in [2.24, 2.45) is 0 Å². The summed E-state index contributed by atoms with van der Waals surface area (Å²) < 4.78 is 0. The monoisotopic (exact) mass is 173 g/mol. The molecule has 0 spiro atoms. The van der Waals surface area contributed by atoms with E-state index in [-0.39, 0.29) is 14.7 Å². The fourth-order valence-electron chi connectivity index (χ4n) is 0. The zero-order chi connectivity index (χ0) is 6.99. The summed E-state index contributed by atoms with van der Waals surface area (Å²) in [5.74, 6) is 1.75. The molecule has 0 aromatic carbocycles. The van der Waals surface area contributed by atoms with Gasteiger partial charge >= 0.3 is 38.2 Å². The van der Waals surface area contributed by atoms with Gasteiger partial charge in [0, 0.05) is 0 Å². The number of rotatable bonds is 1. The molecule has 46 valence electrons. The summed E-state index contributed by atoms with van der Waals surface area (Å²) in [6, 6.07) is 0. The van der Waals surface area contributed by atoms with E-state index >= 15 is 0 Å². The van der Waals surface area contributed by atoms with Crippen LogP contribution in [0.1, 0.15) is 6.92 Å². The van der Waals surface area contributed by atoms with Crippen molar-refractivity contribution in [3.05, 3.63) is 0 Å². The van der Waals surface area contributed by atoms with E-state index < -0.39 is 0 Å². The summed E-state index contributed by atoms with van der Waals surface area (Å²) in [6.07, 6.45) is 0. The first-order valence-corrected chi connectivity index (χ1v) is 7.72. The molecule has 0 aliphatic rings. The van der Waals surface area contributed by atoms with E-state index in [0.29, 0.717) is 0 Å². The predicted octanol–water partition coefficient (Wildman–Crippen LogP) is 0.861. The molecular formula is C5H13AsBN. The second-order valence-corrected chi connectivity index (χ2v) is 7.48. The van der Waals surface area contributed by atoms with Gasteiger partial charge in [0.1, 0.15) is 0 Å².